The lowest BCUT2D eigenvalue weighted by Gasteiger charge is -2.36. The van der Waals surface area contributed by atoms with Gasteiger partial charge in [0.15, 0.2) is 0 Å². The van der Waals surface area contributed by atoms with Gasteiger partial charge in [-0.15, -0.1) is 0 Å². The van der Waals surface area contributed by atoms with Crippen molar-refractivity contribution in [2.45, 2.75) is 71.8 Å². The lowest BCUT2D eigenvalue weighted by molar-refractivity contribution is 0.186. The summed E-state index contributed by atoms with van der Waals surface area (Å²) in [5.74, 6) is 1.99. The molecule has 0 aromatic rings. The number of rotatable bonds is 6. The number of hydrogen-bond acceptors (Lipinski definition) is 1. The standard InChI is InChI=1S/C14H29N/c1-4-7-12-9-10-14(15-6-3)13(11-12)8-5-2/h12-15H,4-11H2,1-3H3. The van der Waals surface area contributed by atoms with Crippen molar-refractivity contribution in [3.05, 3.63) is 0 Å². The maximum Gasteiger partial charge on any atom is 0.00954 e. The molecule has 1 fully saturated rings. The monoisotopic (exact) mass is 211 g/mol. The molecule has 90 valence electrons. The summed E-state index contributed by atoms with van der Waals surface area (Å²) in [5.41, 5.74) is 0. The van der Waals surface area contributed by atoms with Crippen LogP contribution in [0.25, 0.3) is 0 Å². The minimum absolute atomic E-state index is 0.822. The Morgan fingerprint density at radius 1 is 1.00 bits per heavy atom. The van der Waals surface area contributed by atoms with Crippen LogP contribution in [0.4, 0.5) is 0 Å². The molecule has 1 nitrogen and oxygen atoms in total. The van der Waals surface area contributed by atoms with Gasteiger partial charge < -0.3 is 5.32 Å². The summed E-state index contributed by atoms with van der Waals surface area (Å²) in [7, 11) is 0. The molecule has 0 heterocycles. The van der Waals surface area contributed by atoms with Gasteiger partial charge in [0, 0.05) is 6.04 Å². The molecule has 1 aliphatic rings. The van der Waals surface area contributed by atoms with Crippen LogP contribution in [0.2, 0.25) is 0 Å². The molecule has 3 unspecified atom stereocenters. The lowest BCUT2D eigenvalue weighted by Crippen LogP contribution is -2.40. The van der Waals surface area contributed by atoms with Crippen molar-refractivity contribution in [3.63, 3.8) is 0 Å². The quantitative estimate of drug-likeness (QED) is 0.700. The topological polar surface area (TPSA) is 12.0 Å². The first-order valence-corrected chi connectivity index (χ1v) is 7.05. The Morgan fingerprint density at radius 2 is 1.73 bits per heavy atom. The van der Waals surface area contributed by atoms with E-state index in [4.69, 9.17) is 0 Å². The highest BCUT2D eigenvalue weighted by Gasteiger charge is 2.28. The first-order valence-electron chi connectivity index (χ1n) is 7.05. The van der Waals surface area contributed by atoms with Gasteiger partial charge in [-0.1, -0.05) is 40.0 Å². The molecule has 1 heteroatoms. The zero-order valence-electron chi connectivity index (χ0n) is 10.9. The van der Waals surface area contributed by atoms with Crippen molar-refractivity contribution in [1.82, 2.24) is 5.32 Å². The molecule has 0 bridgehead atoms. The van der Waals surface area contributed by atoms with E-state index in [0.717, 1.165) is 24.4 Å². The zero-order chi connectivity index (χ0) is 11.1. The van der Waals surface area contributed by atoms with Crippen LogP contribution in [-0.4, -0.2) is 12.6 Å². The normalized spacial score (nSPS) is 31.8. The van der Waals surface area contributed by atoms with E-state index in [0.29, 0.717) is 0 Å². The highest BCUT2D eigenvalue weighted by Crippen LogP contribution is 2.34. The lowest BCUT2D eigenvalue weighted by atomic mass is 9.74. The van der Waals surface area contributed by atoms with Crippen molar-refractivity contribution in [1.29, 1.82) is 0 Å². The molecule has 0 saturated heterocycles. The molecule has 15 heavy (non-hydrogen) atoms. The molecule has 1 aliphatic carbocycles. The van der Waals surface area contributed by atoms with Crippen molar-refractivity contribution in [2.24, 2.45) is 11.8 Å². The average molecular weight is 211 g/mol. The summed E-state index contributed by atoms with van der Waals surface area (Å²) in [5, 5.41) is 3.68. The van der Waals surface area contributed by atoms with Crippen LogP contribution in [0, 0.1) is 11.8 Å². The van der Waals surface area contributed by atoms with Gasteiger partial charge >= 0.3 is 0 Å². The second kappa shape index (κ2) is 7.27. The molecule has 1 rings (SSSR count). The van der Waals surface area contributed by atoms with Gasteiger partial charge in [0.2, 0.25) is 0 Å². The van der Waals surface area contributed by atoms with E-state index >= 15 is 0 Å². The summed E-state index contributed by atoms with van der Waals surface area (Å²) in [4.78, 5) is 0. The second-order valence-electron chi connectivity index (χ2n) is 5.18. The van der Waals surface area contributed by atoms with Gasteiger partial charge in [-0.2, -0.15) is 0 Å². The second-order valence-corrected chi connectivity index (χ2v) is 5.18. The van der Waals surface area contributed by atoms with Crippen molar-refractivity contribution in [3.8, 4) is 0 Å². The summed E-state index contributed by atoms with van der Waals surface area (Å²) >= 11 is 0. The average Bonchev–Trinajstić information content (AvgIpc) is 2.23. The van der Waals surface area contributed by atoms with Crippen molar-refractivity contribution < 1.29 is 0 Å². The molecule has 1 saturated carbocycles. The maximum absolute atomic E-state index is 3.68. The zero-order valence-corrected chi connectivity index (χ0v) is 10.9. The SMILES string of the molecule is CCCC1CCC(NCC)C(CCC)C1. The Balaban J connectivity index is 2.41. The largest absolute Gasteiger partial charge is 0.314 e. The van der Waals surface area contributed by atoms with Crippen molar-refractivity contribution >= 4 is 0 Å². The van der Waals surface area contributed by atoms with Gasteiger partial charge in [-0.3, -0.25) is 0 Å². The third-order valence-electron chi connectivity index (χ3n) is 3.91. The van der Waals surface area contributed by atoms with E-state index in [1.807, 2.05) is 0 Å². The molecule has 0 aromatic heterocycles. The van der Waals surface area contributed by atoms with E-state index < -0.39 is 0 Å². The molecular formula is C14H29N. The van der Waals surface area contributed by atoms with E-state index in [2.05, 4.69) is 26.1 Å². The van der Waals surface area contributed by atoms with Crippen LogP contribution in [0.1, 0.15) is 65.7 Å². The summed E-state index contributed by atoms with van der Waals surface area (Å²) in [6.45, 7) is 8.03. The third-order valence-corrected chi connectivity index (χ3v) is 3.91. The molecular weight excluding hydrogens is 182 g/mol. The Hall–Kier alpha value is -0.0400. The smallest absolute Gasteiger partial charge is 0.00954 e. The Labute approximate surface area is 96.0 Å². The van der Waals surface area contributed by atoms with Crippen LogP contribution in [0.5, 0.6) is 0 Å². The molecule has 0 aliphatic heterocycles. The Kier molecular flexibility index (Phi) is 6.31. The van der Waals surface area contributed by atoms with E-state index in [9.17, 15) is 0 Å². The van der Waals surface area contributed by atoms with Gasteiger partial charge in [-0.25, -0.2) is 0 Å². The van der Waals surface area contributed by atoms with Crippen LogP contribution >= 0.6 is 0 Å². The van der Waals surface area contributed by atoms with Gasteiger partial charge in [0.1, 0.15) is 0 Å². The molecule has 1 N–H and O–H groups in total. The third kappa shape index (κ3) is 4.14. The van der Waals surface area contributed by atoms with Crippen LogP contribution < -0.4 is 5.32 Å². The molecule has 0 aromatic carbocycles. The summed E-state index contributed by atoms with van der Waals surface area (Å²) in [6, 6.07) is 0.822. The highest BCUT2D eigenvalue weighted by molar-refractivity contribution is 4.84. The predicted molar refractivity (Wildman–Crippen MR) is 68.1 cm³/mol. The number of hydrogen-bond donors (Lipinski definition) is 1. The van der Waals surface area contributed by atoms with Crippen LogP contribution in [0.15, 0.2) is 0 Å². The Morgan fingerprint density at radius 3 is 2.33 bits per heavy atom. The van der Waals surface area contributed by atoms with E-state index in [-0.39, 0.29) is 0 Å². The fourth-order valence-corrected chi connectivity index (χ4v) is 3.25. The molecule has 0 amide bonds. The molecule has 0 spiro atoms. The predicted octanol–water partition coefficient (Wildman–Crippen LogP) is 3.98. The maximum atomic E-state index is 3.68. The Bertz CT molecular complexity index is 155. The van der Waals surface area contributed by atoms with Crippen molar-refractivity contribution in [2.75, 3.05) is 6.54 Å². The summed E-state index contributed by atoms with van der Waals surface area (Å²) < 4.78 is 0. The minimum atomic E-state index is 0.822. The molecule has 3 atom stereocenters. The first-order chi connectivity index (χ1) is 7.31. The fraction of sp³-hybridized carbons (Fsp3) is 1.00. The van der Waals surface area contributed by atoms with Gasteiger partial charge in [0.25, 0.3) is 0 Å². The van der Waals surface area contributed by atoms with Gasteiger partial charge in [0.05, 0.1) is 0 Å². The first kappa shape index (κ1) is 13.0. The van der Waals surface area contributed by atoms with E-state index in [1.54, 1.807) is 0 Å². The summed E-state index contributed by atoms with van der Waals surface area (Å²) in [6.07, 6.45) is 9.98. The van der Waals surface area contributed by atoms with Crippen LogP contribution in [-0.2, 0) is 0 Å². The van der Waals surface area contributed by atoms with Crippen LogP contribution in [0.3, 0.4) is 0 Å². The van der Waals surface area contributed by atoms with E-state index in [1.165, 1.54) is 44.9 Å². The fourth-order valence-electron chi connectivity index (χ4n) is 3.25. The molecule has 0 radical (unpaired) electrons. The highest BCUT2D eigenvalue weighted by atomic mass is 14.9. The van der Waals surface area contributed by atoms with Gasteiger partial charge in [-0.05, 0) is 44.1 Å². The number of nitrogens with one attached hydrogen (secondary N) is 1. The minimum Gasteiger partial charge on any atom is -0.314 e.